The van der Waals surface area contributed by atoms with Crippen LogP contribution >= 0.6 is 0 Å². The molecule has 6 heteroatoms. The Labute approximate surface area is 164 Å². The van der Waals surface area contributed by atoms with Crippen LogP contribution in [-0.4, -0.2) is 45.5 Å². The van der Waals surface area contributed by atoms with Gasteiger partial charge in [0.05, 0.1) is 11.0 Å². The molecule has 1 aliphatic heterocycles. The summed E-state index contributed by atoms with van der Waals surface area (Å²) in [6, 6.07) is 11.3. The second kappa shape index (κ2) is 7.80. The number of likely N-dealkylation sites (tertiary alicyclic amines) is 1. The van der Waals surface area contributed by atoms with Crippen LogP contribution in [0.4, 0.5) is 0 Å². The number of rotatable bonds is 6. The van der Waals surface area contributed by atoms with Gasteiger partial charge in [0.25, 0.3) is 5.56 Å². The lowest BCUT2D eigenvalue weighted by atomic mass is 10.1. The van der Waals surface area contributed by atoms with Crippen molar-refractivity contribution in [2.45, 2.75) is 45.2 Å². The molecule has 4 rings (SSSR count). The Hall–Kier alpha value is -2.60. The molecule has 0 spiro atoms. The molecular weight excluding hydrogens is 352 g/mol. The molecule has 3 heterocycles. The van der Waals surface area contributed by atoms with E-state index < -0.39 is 6.04 Å². The number of hydrogen-bond donors (Lipinski definition) is 1. The van der Waals surface area contributed by atoms with Crippen LogP contribution in [0.1, 0.15) is 39.2 Å². The zero-order chi connectivity index (χ0) is 19.7. The Balaban J connectivity index is 1.69. The van der Waals surface area contributed by atoms with Gasteiger partial charge in [0.15, 0.2) is 0 Å². The highest BCUT2D eigenvalue weighted by molar-refractivity contribution is 5.85. The van der Waals surface area contributed by atoms with Gasteiger partial charge in [-0.3, -0.25) is 19.1 Å². The first-order valence-electron chi connectivity index (χ1n) is 10.3. The van der Waals surface area contributed by atoms with Gasteiger partial charge in [-0.2, -0.15) is 0 Å². The maximum atomic E-state index is 13.2. The van der Waals surface area contributed by atoms with Crippen LogP contribution in [0.25, 0.3) is 16.6 Å². The molecule has 0 radical (unpaired) electrons. The van der Waals surface area contributed by atoms with Gasteiger partial charge in [0.1, 0.15) is 11.6 Å². The van der Waals surface area contributed by atoms with Crippen molar-refractivity contribution < 1.29 is 4.79 Å². The smallest absolute Gasteiger partial charge is 0.276 e. The summed E-state index contributed by atoms with van der Waals surface area (Å²) in [4.78, 5) is 28.7. The van der Waals surface area contributed by atoms with Crippen LogP contribution in [-0.2, 0) is 4.79 Å². The number of nitrogens with zero attached hydrogens (tertiary/aromatic N) is 3. The minimum atomic E-state index is -0.520. The van der Waals surface area contributed by atoms with E-state index in [0.717, 1.165) is 30.5 Å². The zero-order valence-corrected chi connectivity index (χ0v) is 16.6. The number of carbonyl (C=O) groups excluding carboxylic acids is 1. The molecule has 1 N–H and O–H groups in total. The summed E-state index contributed by atoms with van der Waals surface area (Å²) < 4.78 is 3.57. The van der Waals surface area contributed by atoms with Gasteiger partial charge in [-0.25, -0.2) is 0 Å². The van der Waals surface area contributed by atoms with E-state index in [9.17, 15) is 9.59 Å². The van der Waals surface area contributed by atoms with E-state index in [1.54, 1.807) is 4.57 Å². The highest BCUT2D eigenvalue weighted by Gasteiger charge is 2.27. The van der Waals surface area contributed by atoms with Crippen LogP contribution in [0.2, 0.25) is 0 Å². The Morgan fingerprint density at radius 1 is 1.14 bits per heavy atom. The number of para-hydroxylation sites is 2. The fraction of sp³-hybridized carbons (Fsp3) is 0.455. The molecular formula is C22H28N4O2. The maximum Gasteiger partial charge on any atom is 0.276 e. The normalized spacial score (nSPS) is 18.7. The standard InChI is InChI=1S/C22H28N4O2/c1-3-17(21(27)23-15-16-9-7-13-24(16)4-2)26-19-11-6-5-10-18(19)25-14-8-12-20(25)22(26)28/h5-6,8,10-12,14,16-17H,3-4,7,9,13,15H2,1-2H3,(H,23,27). The van der Waals surface area contributed by atoms with Crippen molar-refractivity contribution in [2.75, 3.05) is 19.6 Å². The highest BCUT2D eigenvalue weighted by atomic mass is 16.2. The zero-order valence-electron chi connectivity index (χ0n) is 16.6. The summed E-state index contributed by atoms with van der Waals surface area (Å²) in [5.74, 6) is -0.0754. The highest BCUT2D eigenvalue weighted by Crippen LogP contribution is 2.21. The monoisotopic (exact) mass is 380 g/mol. The molecule has 1 aromatic carbocycles. The van der Waals surface area contributed by atoms with E-state index in [-0.39, 0.29) is 11.5 Å². The van der Waals surface area contributed by atoms with Crippen LogP contribution in [0, 0.1) is 0 Å². The van der Waals surface area contributed by atoms with Crippen LogP contribution in [0.5, 0.6) is 0 Å². The number of hydrogen-bond acceptors (Lipinski definition) is 3. The molecule has 28 heavy (non-hydrogen) atoms. The number of amides is 1. The Kier molecular flexibility index (Phi) is 5.22. The minimum Gasteiger partial charge on any atom is -0.353 e. The van der Waals surface area contributed by atoms with E-state index >= 15 is 0 Å². The molecule has 1 fully saturated rings. The average Bonchev–Trinajstić information content (AvgIpc) is 3.38. The second-order valence-corrected chi connectivity index (χ2v) is 7.52. The number of likely N-dealkylation sites (N-methyl/N-ethyl adjacent to an activating group) is 1. The number of carbonyl (C=O) groups is 1. The SMILES string of the molecule is CCC(C(=O)NCC1CCCN1CC)n1c(=O)c2cccn2c2ccccc21. The van der Waals surface area contributed by atoms with Crippen molar-refractivity contribution in [2.24, 2.45) is 0 Å². The summed E-state index contributed by atoms with van der Waals surface area (Å²) in [5, 5.41) is 3.13. The van der Waals surface area contributed by atoms with E-state index in [2.05, 4.69) is 17.1 Å². The number of fused-ring (bicyclic) bond motifs is 3. The van der Waals surface area contributed by atoms with E-state index in [1.807, 2.05) is 53.9 Å². The van der Waals surface area contributed by atoms with Crippen molar-refractivity contribution in [3.05, 3.63) is 52.9 Å². The van der Waals surface area contributed by atoms with Gasteiger partial charge in [-0.15, -0.1) is 0 Å². The summed E-state index contributed by atoms with van der Waals surface area (Å²) >= 11 is 0. The molecule has 2 aromatic heterocycles. The van der Waals surface area contributed by atoms with Gasteiger partial charge < -0.3 is 9.72 Å². The van der Waals surface area contributed by atoms with Gasteiger partial charge in [-0.05, 0) is 56.6 Å². The lowest BCUT2D eigenvalue weighted by Gasteiger charge is -2.25. The number of benzene rings is 1. The maximum absolute atomic E-state index is 13.2. The second-order valence-electron chi connectivity index (χ2n) is 7.52. The van der Waals surface area contributed by atoms with Gasteiger partial charge in [0, 0.05) is 18.8 Å². The first-order chi connectivity index (χ1) is 13.7. The fourth-order valence-corrected chi connectivity index (χ4v) is 4.54. The lowest BCUT2D eigenvalue weighted by Crippen LogP contribution is -2.44. The predicted octanol–water partition coefficient (Wildman–Crippen LogP) is 2.81. The molecule has 0 bridgehead atoms. The molecule has 1 aliphatic rings. The largest absolute Gasteiger partial charge is 0.353 e. The minimum absolute atomic E-state index is 0.0754. The third-order valence-corrected chi connectivity index (χ3v) is 6.01. The summed E-state index contributed by atoms with van der Waals surface area (Å²) in [7, 11) is 0. The van der Waals surface area contributed by atoms with Crippen molar-refractivity contribution >= 4 is 22.5 Å². The molecule has 148 valence electrons. The third kappa shape index (κ3) is 3.11. The van der Waals surface area contributed by atoms with E-state index in [1.165, 1.54) is 6.42 Å². The molecule has 2 atom stereocenters. The molecule has 0 saturated carbocycles. The van der Waals surface area contributed by atoms with Crippen molar-refractivity contribution in [1.29, 1.82) is 0 Å². The topological polar surface area (TPSA) is 58.8 Å². The lowest BCUT2D eigenvalue weighted by molar-refractivity contribution is -0.124. The van der Waals surface area contributed by atoms with E-state index in [0.29, 0.717) is 24.5 Å². The Bertz CT molecular complexity index is 1050. The van der Waals surface area contributed by atoms with Gasteiger partial charge in [0.2, 0.25) is 5.91 Å². The van der Waals surface area contributed by atoms with Crippen molar-refractivity contribution in [3.8, 4) is 0 Å². The average molecular weight is 380 g/mol. The molecule has 1 amide bonds. The molecule has 0 aliphatic carbocycles. The first kappa shape index (κ1) is 18.7. The third-order valence-electron chi connectivity index (χ3n) is 6.01. The predicted molar refractivity (Wildman–Crippen MR) is 112 cm³/mol. The Morgan fingerprint density at radius 3 is 2.64 bits per heavy atom. The van der Waals surface area contributed by atoms with Crippen molar-refractivity contribution in [3.63, 3.8) is 0 Å². The van der Waals surface area contributed by atoms with Crippen molar-refractivity contribution in [1.82, 2.24) is 19.2 Å². The van der Waals surface area contributed by atoms with Crippen LogP contribution < -0.4 is 10.9 Å². The van der Waals surface area contributed by atoms with Gasteiger partial charge >= 0.3 is 0 Å². The molecule has 3 aromatic rings. The first-order valence-corrected chi connectivity index (χ1v) is 10.3. The Morgan fingerprint density at radius 2 is 1.89 bits per heavy atom. The van der Waals surface area contributed by atoms with E-state index in [4.69, 9.17) is 0 Å². The summed E-state index contributed by atoms with van der Waals surface area (Å²) in [5.41, 5.74) is 2.19. The number of nitrogens with one attached hydrogen (secondary N) is 1. The summed E-state index contributed by atoms with van der Waals surface area (Å²) in [6.45, 7) is 6.87. The fourth-order valence-electron chi connectivity index (χ4n) is 4.54. The number of aromatic nitrogens is 2. The molecule has 2 unspecified atom stereocenters. The molecule has 6 nitrogen and oxygen atoms in total. The van der Waals surface area contributed by atoms with Gasteiger partial charge in [-0.1, -0.05) is 26.0 Å². The summed E-state index contributed by atoms with van der Waals surface area (Å²) in [6.07, 6.45) is 4.75. The quantitative estimate of drug-likeness (QED) is 0.715. The van der Waals surface area contributed by atoms with Crippen LogP contribution in [0.3, 0.4) is 0 Å². The van der Waals surface area contributed by atoms with Crippen LogP contribution in [0.15, 0.2) is 47.4 Å². The molecule has 1 saturated heterocycles.